The van der Waals surface area contributed by atoms with Gasteiger partial charge in [0.1, 0.15) is 12.6 Å². The van der Waals surface area contributed by atoms with Gasteiger partial charge in [-0.15, -0.1) is 0 Å². The van der Waals surface area contributed by atoms with E-state index in [0.29, 0.717) is 137 Å². The Kier molecular flexibility index (Phi) is 37.2. The Balaban J connectivity index is 0.000000162. The van der Waals surface area contributed by atoms with Crippen LogP contribution < -0.4 is 29.6 Å². The second kappa shape index (κ2) is 45.9. The second-order valence-corrected chi connectivity index (χ2v) is 56.2. The van der Waals surface area contributed by atoms with E-state index in [1.165, 1.54) is 72.0 Å². The van der Waals surface area contributed by atoms with Crippen LogP contribution in [-0.4, -0.2) is 170 Å². The summed E-state index contributed by atoms with van der Waals surface area (Å²) in [4.78, 5) is 25.0. The van der Waals surface area contributed by atoms with Gasteiger partial charge < -0.3 is 61.3 Å². The molecule has 813 valence electrons. The number of ether oxygens (including phenoxy) is 2. The summed E-state index contributed by atoms with van der Waals surface area (Å²) in [6.45, 7) is 60.7. The van der Waals surface area contributed by atoms with Crippen molar-refractivity contribution in [1.82, 2.24) is 40.8 Å². The smallest absolute Gasteiger partial charge is 1.00 e. The van der Waals surface area contributed by atoms with Gasteiger partial charge in [-0.3, -0.25) is 20.4 Å². The number of hydrogen-bond acceptors (Lipinski definition) is 16. The number of carbonyl (C=O) groups excluding carboxylic acids is 2. The van der Waals surface area contributed by atoms with Gasteiger partial charge >= 0.3 is 29.6 Å². The molecule has 11 fully saturated rings. The van der Waals surface area contributed by atoms with Crippen molar-refractivity contribution in [2.75, 3.05) is 13.2 Å². The van der Waals surface area contributed by atoms with Gasteiger partial charge in [-0.2, -0.15) is 20.4 Å². The molecule has 0 amide bonds. The molecular weight excluding hydrogens is 1820 g/mol. The molecular formula is C123H205BN8NaO12. The summed E-state index contributed by atoms with van der Waals surface area (Å²) >= 11 is 0. The normalized spacial score (nSPS) is 42.0. The second-order valence-electron chi connectivity index (χ2n) is 56.2. The molecule has 10 saturated carbocycles. The first-order chi connectivity index (χ1) is 67.6. The molecule has 14 aliphatic carbocycles. The van der Waals surface area contributed by atoms with E-state index in [-0.39, 0.29) is 192 Å². The summed E-state index contributed by atoms with van der Waals surface area (Å²) in [6, 6.07) is 0. The van der Waals surface area contributed by atoms with Crippen molar-refractivity contribution in [3.63, 3.8) is 0 Å². The number of aromatic nitrogens is 8. The topological polar surface area (TPSA) is 329 Å². The van der Waals surface area contributed by atoms with Crippen molar-refractivity contribution < 1.29 is 90.9 Å². The average molecular weight is 2020 g/mol. The molecule has 5 heterocycles. The fraction of sp³-hybridized carbons (Fsp3) is 0.886. The number of nitrogens with zero attached hydrogens (tertiary/aromatic N) is 4. The van der Waals surface area contributed by atoms with Gasteiger partial charge in [0.15, 0.2) is 5.79 Å². The minimum atomic E-state index is -0.682. The Morgan fingerprint density at radius 3 is 1.07 bits per heavy atom. The van der Waals surface area contributed by atoms with E-state index in [0.717, 1.165) is 185 Å². The first kappa shape index (κ1) is 117. The van der Waals surface area contributed by atoms with Crippen LogP contribution in [0.1, 0.15) is 381 Å². The standard InChI is InChI=1S/C33H54N2O3.C30H50N2O3.C30H52N2O3.C30H48N2O3.B.Na.H/c1-9-20(18(2)3)14-27(36)19(4)22-10-11-23-28-24(12-13-32(22,23)7)33(8)16-21-17-34-35-26(21)15-25(33)29-30(28)38-31(5,6)37-29;1-7-18(16(2)3)12-25(33)17(4)20-8-9-21-26-22(10-11-29(20,21)5)30(6)14-19-15-31-32-24(19)13-23(30)27(34)28(26)35;2*1-7-20(18(2)3)12-28(35)19(4)24-8-9-25-23(17-34)26(10-11-29(24,25)5)30(6)14-21-15-31-32-27(21)13-22(30)16-33;;;/h17-20,22-25,27-30,36H,9-16H2,1-8H3,(H,34,35);15-18,20-23,25-28,33-35H,7-14H2,1-6H3,(H,31,32);15,18-20,22-26,28,33-35H,7-14,16-17H2,1-6H3,(H,31,32);15-20,22-26,28,35H,7-14H2,1-6H3,(H,31,32);;;/q;;;;;+1;-1/t19-,20+,22+,23-,24-,25+,27?,28-,29+,30+,32+,33+;17-,18+,20+,21-,22-,23+,25?,26-,27+,28+,29+,30+;2*19-,20+,22+,23-,24+,25-,26-,28?,29+,30-;;;/m0000.../s1. The largest absolute Gasteiger partial charge is 1.00 e. The van der Waals surface area contributed by atoms with E-state index in [2.05, 4.69) is 227 Å². The van der Waals surface area contributed by atoms with Crippen LogP contribution in [0.4, 0.5) is 0 Å². The predicted molar refractivity (Wildman–Crippen MR) is 575 cm³/mol. The van der Waals surface area contributed by atoms with E-state index < -0.39 is 18.0 Å². The quantitative estimate of drug-likeness (QED) is 0.0170. The number of H-pyrrole nitrogens is 4. The van der Waals surface area contributed by atoms with Gasteiger partial charge in [0, 0.05) is 56.2 Å². The fourth-order valence-corrected chi connectivity index (χ4v) is 39.5. The molecule has 0 spiro atoms. The SMILES string of the molecule is CC[C@H](CC(O)[C@@H](C)[C@H]1CC[C@H]2[C@@H]3[C@@H](O)[C@H](O)[C@H]4Cc5[nH]ncc5C[C@]4(C)[C@H]3CC[C@]12C)C(C)C.CC[C@H](CC(O)[C@@H](C)[C@H]1CC[C@H]2[C@@H]3[C@H]4OC(C)(C)O[C@@H]4[C@H]4Cc5[nH]ncc5C[C@]4(C)[C@H]3CC[C@]12C)C(C)C.CC[C@H](CC(O)[C@@H](C)[C@H]1CC[C@H]2[C@H](C=O)[C@@H]([C@@]3(C)Cc4cn[nH]c4C[C@@H]3C=O)CC[C@]12C)C(C)C.CC[C@H](CC(O)[C@@H](C)[C@H]1CC[C@H]2[C@H](CO)[C@@H]([C@@]3(C)Cc4cn[nH]c4C[C@@H]3CO)CC[C@]12C)C(C)C.[B].[H-].[Na+]. The van der Waals surface area contributed by atoms with Crippen molar-refractivity contribution in [3.8, 4) is 0 Å². The van der Waals surface area contributed by atoms with Crippen LogP contribution >= 0.6 is 0 Å². The summed E-state index contributed by atoms with van der Waals surface area (Å²) in [6.07, 6.45) is 41.9. The maximum absolute atomic E-state index is 12.7. The monoisotopic (exact) mass is 2020 g/mol. The number of aldehydes is 2. The van der Waals surface area contributed by atoms with Crippen LogP contribution in [0.5, 0.6) is 0 Å². The summed E-state index contributed by atoms with van der Waals surface area (Å²) in [7, 11) is 0. The zero-order valence-corrected chi connectivity index (χ0v) is 97.7. The van der Waals surface area contributed by atoms with Crippen LogP contribution in [-0.2, 0) is 70.4 Å². The van der Waals surface area contributed by atoms with Gasteiger partial charge in [0.05, 0.1) is 73.6 Å². The number of nitrogens with one attached hydrogen (secondary N) is 4. The Labute approximate surface area is 902 Å². The number of aliphatic hydroxyl groups excluding tert-OH is 8. The number of aliphatic hydroxyl groups is 8. The van der Waals surface area contributed by atoms with E-state index in [9.17, 15) is 50.4 Å². The van der Waals surface area contributed by atoms with E-state index in [1.807, 2.05) is 18.6 Å². The molecule has 4 aromatic heterocycles. The molecule has 0 aromatic carbocycles. The van der Waals surface area contributed by atoms with E-state index >= 15 is 0 Å². The van der Waals surface area contributed by atoms with Crippen molar-refractivity contribution >= 4 is 21.0 Å². The summed E-state index contributed by atoms with van der Waals surface area (Å²) in [5.74, 6) is 12.5. The number of carbonyl (C=O) groups is 2. The number of fused-ring (bicyclic) bond motifs is 19. The number of aromatic amines is 4. The number of rotatable bonds is 30. The Bertz CT molecular complexity index is 4840. The van der Waals surface area contributed by atoms with Crippen LogP contribution in [0.2, 0.25) is 0 Å². The zero-order valence-electron chi connectivity index (χ0n) is 96.7. The Morgan fingerprint density at radius 2 is 0.676 bits per heavy atom. The molecule has 1 saturated heterocycles. The Morgan fingerprint density at radius 1 is 0.366 bits per heavy atom. The number of hydrogen-bond donors (Lipinski definition) is 12. The fourth-order valence-electron chi connectivity index (χ4n) is 39.5. The molecule has 1 aliphatic heterocycles. The maximum atomic E-state index is 12.7. The third kappa shape index (κ3) is 21.1. The third-order valence-corrected chi connectivity index (χ3v) is 48.7. The molecule has 15 aliphatic rings. The van der Waals surface area contributed by atoms with Gasteiger partial charge in [-0.1, -0.05) is 192 Å². The minimum absolute atomic E-state index is 0. The Hall–Kier alpha value is -3.16. The molecule has 19 rings (SSSR count). The van der Waals surface area contributed by atoms with Gasteiger partial charge in [0.25, 0.3) is 0 Å². The van der Waals surface area contributed by atoms with Crippen LogP contribution in [0.3, 0.4) is 0 Å². The summed E-state index contributed by atoms with van der Waals surface area (Å²) < 4.78 is 13.7. The third-order valence-electron chi connectivity index (χ3n) is 48.7. The first-order valence-corrected chi connectivity index (χ1v) is 59.2. The average Bonchev–Trinajstić information content (AvgIpc) is 1.48. The molecule has 20 nitrogen and oxygen atoms in total. The molecule has 12 N–H and O–H groups in total. The molecule has 3 radical (unpaired) electrons. The zero-order chi connectivity index (χ0) is 104. The summed E-state index contributed by atoms with van der Waals surface area (Å²) in [5, 5.41) is 120. The van der Waals surface area contributed by atoms with Gasteiger partial charge in [-0.05, 0) is 437 Å². The maximum Gasteiger partial charge on any atom is 1.00 e. The van der Waals surface area contributed by atoms with Crippen molar-refractivity contribution in [2.24, 2.45) is 233 Å². The minimum Gasteiger partial charge on any atom is -1.00 e. The van der Waals surface area contributed by atoms with Crippen molar-refractivity contribution in [3.05, 3.63) is 69.8 Å². The molecule has 145 heavy (non-hydrogen) atoms. The van der Waals surface area contributed by atoms with Crippen LogP contribution in [0, 0.1) is 233 Å². The molecule has 0 bridgehead atoms. The molecule has 4 aromatic rings. The van der Waals surface area contributed by atoms with Crippen LogP contribution in [0.25, 0.3) is 0 Å². The van der Waals surface area contributed by atoms with Gasteiger partial charge in [0.2, 0.25) is 0 Å². The summed E-state index contributed by atoms with van der Waals surface area (Å²) in [5.41, 5.74) is 10.5. The predicted octanol–water partition coefficient (Wildman–Crippen LogP) is 19.4. The van der Waals surface area contributed by atoms with E-state index in [1.54, 1.807) is 0 Å². The van der Waals surface area contributed by atoms with Crippen molar-refractivity contribution in [1.29, 1.82) is 0 Å². The molecule has 4 unspecified atom stereocenters. The van der Waals surface area contributed by atoms with Gasteiger partial charge in [-0.25, -0.2) is 0 Å². The van der Waals surface area contributed by atoms with Crippen molar-refractivity contribution in [2.45, 2.75) is 440 Å². The van der Waals surface area contributed by atoms with Crippen LogP contribution in [0.15, 0.2) is 24.8 Å². The molecule has 44 atom stereocenters. The molecule has 22 heteroatoms. The first-order valence-electron chi connectivity index (χ1n) is 59.2. The van der Waals surface area contributed by atoms with E-state index in [4.69, 9.17) is 9.47 Å².